The molecule has 1 N–H and O–H groups in total. The smallest absolute Gasteiger partial charge is 0.251 e. The van der Waals surface area contributed by atoms with E-state index < -0.39 is 10.0 Å². The molecule has 2 rings (SSSR count). The summed E-state index contributed by atoms with van der Waals surface area (Å²) in [5, 5.41) is 2.77. The summed E-state index contributed by atoms with van der Waals surface area (Å²) in [4.78, 5) is 12.3. The number of amides is 1. The standard InChI is InChI=1S/C19H24N2O4S/c1-4-25-17-11-9-16(10-12-17)21(26(3,23)24)14-13-20-19(22)18-8-6-5-7-15(18)2/h5-12H,4,13-14H2,1-3H3,(H,20,22). The van der Waals surface area contributed by atoms with Crippen molar-refractivity contribution in [2.45, 2.75) is 13.8 Å². The van der Waals surface area contributed by atoms with Gasteiger partial charge >= 0.3 is 0 Å². The van der Waals surface area contributed by atoms with Crippen LogP contribution in [0.15, 0.2) is 48.5 Å². The number of carbonyl (C=O) groups is 1. The number of nitrogens with one attached hydrogen (secondary N) is 1. The highest BCUT2D eigenvalue weighted by Gasteiger charge is 2.18. The van der Waals surface area contributed by atoms with Crippen molar-refractivity contribution in [2.75, 3.05) is 30.3 Å². The van der Waals surface area contributed by atoms with E-state index in [0.29, 0.717) is 23.6 Å². The van der Waals surface area contributed by atoms with Gasteiger partial charge in [0.1, 0.15) is 5.75 Å². The average Bonchev–Trinajstić information content (AvgIpc) is 2.59. The molecule has 0 aliphatic heterocycles. The molecule has 0 spiro atoms. The molecular formula is C19H24N2O4S. The average molecular weight is 376 g/mol. The molecule has 2 aromatic rings. The van der Waals surface area contributed by atoms with E-state index in [1.54, 1.807) is 36.4 Å². The molecule has 0 atom stereocenters. The van der Waals surface area contributed by atoms with Gasteiger partial charge in [-0.1, -0.05) is 18.2 Å². The first-order valence-corrected chi connectivity index (χ1v) is 10.2. The third-order valence-corrected chi connectivity index (χ3v) is 5.02. The zero-order valence-electron chi connectivity index (χ0n) is 15.2. The van der Waals surface area contributed by atoms with Gasteiger partial charge < -0.3 is 10.1 Å². The number of hydrogen-bond acceptors (Lipinski definition) is 4. The Morgan fingerprint density at radius 1 is 1.12 bits per heavy atom. The van der Waals surface area contributed by atoms with Crippen molar-refractivity contribution in [3.05, 3.63) is 59.7 Å². The second-order valence-electron chi connectivity index (χ2n) is 5.83. The molecule has 0 radical (unpaired) electrons. The van der Waals surface area contributed by atoms with Crippen LogP contribution in [0.4, 0.5) is 5.69 Å². The molecule has 0 unspecified atom stereocenters. The summed E-state index contributed by atoms with van der Waals surface area (Å²) < 4.78 is 30.9. The van der Waals surface area contributed by atoms with Crippen molar-refractivity contribution in [1.29, 1.82) is 0 Å². The summed E-state index contributed by atoms with van der Waals surface area (Å²) in [5.41, 5.74) is 1.98. The lowest BCUT2D eigenvalue weighted by Crippen LogP contribution is -2.38. The first kappa shape index (κ1) is 19.8. The maximum Gasteiger partial charge on any atom is 0.251 e. The fourth-order valence-corrected chi connectivity index (χ4v) is 3.48. The fourth-order valence-electron chi connectivity index (χ4n) is 2.56. The minimum absolute atomic E-state index is 0.143. The molecule has 0 saturated carbocycles. The summed E-state index contributed by atoms with van der Waals surface area (Å²) >= 11 is 0. The molecule has 7 heteroatoms. The molecule has 0 bridgehead atoms. The third-order valence-electron chi connectivity index (χ3n) is 3.83. The Labute approximate surface area is 154 Å². The lowest BCUT2D eigenvalue weighted by atomic mass is 10.1. The summed E-state index contributed by atoms with van der Waals surface area (Å²) in [6, 6.07) is 14.1. The van der Waals surface area contributed by atoms with Crippen molar-refractivity contribution >= 4 is 21.6 Å². The van der Waals surface area contributed by atoms with Crippen molar-refractivity contribution in [2.24, 2.45) is 0 Å². The molecule has 140 valence electrons. The van der Waals surface area contributed by atoms with Crippen LogP contribution in [0.1, 0.15) is 22.8 Å². The highest BCUT2D eigenvalue weighted by Crippen LogP contribution is 2.21. The van der Waals surface area contributed by atoms with E-state index in [4.69, 9.17) is 4.74 Å². The summed E-state index contributed by atoms with van der Waals surface area (Å²) in [7, 11) is -3.47. The molecule has 0 saturated heterocycles. The van der Waals surface area contributed by atoms with Gasteiger partial charge in [0.2, 0.25) is 10.0 Å². The normalized spacial score (nSPS) is 11.0. The minimum atomic E-state index is -3.47. The number of aryl methyl sites for hydroxylation is 1. The second kappa shape index (κ2) is 8.71. The number of rotatable bonds is 8. The number of anilines is 1. The summed E-state index contributed by atoms with van der Waals surface area (Å²) in [5.74, 6) is 0.459. The van der Waals surface area contributed by atoms with Gasteiger partial charge in [-0.2, -0.15) is 0 Å². The molecule has 0 aliphatic carbocycles. The van der Waals surface area contributed by atoms with Gasteiger partial charge in [0.15, 0.2) is 0 Å². The minimum Gasteiger partial charge on any atom is -0.494 e. The molecule has 6 nitrogen and oxygen atoms in total. The van der Waals surface area contributed by atoms with Crippen LogP contribution in [-0.2, 0) is 10.0 Å². The fraction of sp³-hybridized carbons (Fsp3) is 0.316. The van der Waals surface area contributed by atoms with Gasteiger partial charge in [-0.05, 0) is 49.7 Å². The lowest BCUT2D eigenvalue weighted by molar-refractivity contribution is 0.0954. The third kappa shape index (κ3) is 5.23. The highest BCUT2D eigenvalue weighted by atomic mass is 32.2. The predicted molar refractivity (Wildman–Crippen MR) is 103 cm³/mol. The van der Waals surface area contributed by atoms with E-state index in [9.17, 15) is 13.2 Å². The molecule has 26 heavy (non-hydrogen) atoms. The first-order valence-electron chi connectivity index (χ1n) is 8.37. The van der Waals surface area contributed by atoms with Crippen LogP contribution in [0.25, 0.3) is 0 Å². The largest absolute Gasteiger partial charge is 0.494 e. The number of carbonyl (C=O) groups excluding carboxylic acids is 1. The molecule has 0 heterocycles. The van der Waals surface area contributed by atoms with Gasteiger partial charge in [-0.15, -0.1) is 0 Å². The first-order chi connectivity index (χ1) is 12.3. The van der Waals surface area contributed by atoms with E-state index in [1.165, 1.54) is 4.31 Å². The number of sulfonamides is 1. The van der Waals surface area contributed by atoms with Crippen LogP contribution in [-0.4, -0.2) is 40.3 Å². The number of hydrogen-bond donors (Lipinski definition) is 1. The Morgan fingerprint density at radius 2 is 1.77 bits per heavy atom. The topological polar surface area (TPSA) is 75.7 Å². The Kier molecular flexibility index (Phi) is 6.63. The van der Waals surface area contributed by atoms with Gasteiger partial charge in [0.05, 0.1) is 25.1 Å². The summed E-state index contributed by atoms with van der Waals surface area (Å²) in [6.45, 7) is 4.63. The number of benzene rings is 2. The molecule has 1 amide bonds. The quantitative estimate of drug-likeness (QED) is 0.768. The van der Waals surface area contributed by atoms with Crippen molar-refractivity contribution < 1.29 is 17.9 Å². The van der Waals surface area contributed by atoms with Gasteiger partial charge in [0, 0.05) is 12.1 Å². The van der Waals surface area contributed by atoms with Crippen LogP contribution in [0, 0.1) is 6.92 Å². The molecule has 0 fully saturated rings. The highest BCUT2D eigenvalue weighted by molar-refractivity contribution is 7.92. The maximum atomic E-state index is 12.3. The molecule has 0 aromatic heterocycles. The van der Waals surface area contributed by atoms with Crippen LogP contribution in [0.5, 0.6) is 5.75 Å². The SMILES string of the molecule is CCOc1ccc(N(CCNC(=O)c2ccccc2C)S(C)(=O)=O)cc1. The lowest BCUT2D eigenvalue weighted by Gasteiger charge is -2.23. The van der Waals surface area contributed by atoms with Gasteiger partial charge in [-0.3, -0.25) is 9.10 Å². The van der Waals surface area contributed by atoms with Gasteiger partial charge in [0.25, 0.3) is 5.91 Å². The zero-order chi connectivity index (χ0) is 19.2. The van der Waals surface area contributed by atoms with Crippen LogP contribution in [0.2, 0.25) is 0 Å². The molecule has 2 aromatic carbocycles. The van der Waals surface area contributed by atoms with E-state index in [0.717, 1.165) is 11.8 Å². The van der Waals surface area contributed by atoms with Crippen LogP contribution in [0.3, 0.4) is 0 Å². The van der Waals surface area contributed by atoms with E-state index in [2.05, 4.69) is 5.32 Å². The molecule has 0 aliphatic rings. The van der Waals surface area contributed by atoms with Crippen molar-refractivity contribution in [3.63, 3.8) is 0 Å². The van der Waals surface area contributed by atoms with Crippen LogP contribution < -0.4 is 14.4 Å². The number of ether oxygens (including phenoxy) is 1. The Hall–Kier alpha value is -2.54. The van der Waals surface area contributed by atoms with Crippen molar-refractivity contribution in [1.82, 2.24) is 5.32 Å². The van der Waals surface area contributed by atoms with E-state index >= 15 is 0 Å². The van der Waals surface area contributed by atoms with E-state index in [1.807, 2.05) is 26.0 Å². The monoisotopic (exact) mass is 376 g/mol. The summed E-state index contributed by atoms with van der Waals surface area (Å²) in [6.07, 6.45) is 1.15. The zero-order valence-corrected chi connectivity index (χ0v) is 16.0. The van der Waals surface area contributed by atoms with Crippen LogP contribution >= 0.6 is 0 Å². The second-order valence-corrected chi connectivity index (χ2v) is 7.74. The maximum absolute atomic E-state index is 12.3. The predicted octanol–water partition coefficient (Wildman–Crippen LogP) is 2.59. The Bertz CT molecular complexity index is 848. The number of nitrogens with zero attached hydrogens (tertiary/aromatic N) is 1. The Balaban J connectivity index is 2.05. The van der Waals surface area contributed by atoms with E-state index in [-0.39, 0.29) is 19.0 Å². The van der Waals surface area contributed by atoms with Crippen molar-refractivity contribution in [3.8, 4) is 5.75 Å². The Morgan fingerprint density at radius 3 is 2.35 bits per heavy atom. The van der Waals surface area contributed by atoms with Gasteiger partial charge in [-0.25, -0.2) is 8.42 Å². The molecular weight excluding hydrogens is 352 g/mol.